The minimum Gasteiger partial charge on any atom is -0.393 e. The van der Waals surface area contributed by atoms with E-state index in [1.807, 2.05) is 0 Å². The van der Waals surface area contributed by atoms with Gasteiger partial charge < -0.3 is 10.0 Å². The van der Waals surface area contributed by atoms with Gasteiger partial charge in [-0.1, -0.05) is 6.42 Å². The highest BCUT2D eigenvalue weighted by atomic mass is 16.3. The summed E-state index contributed by atoms with van der Waals surface area (Å²) in [5.74, 6) is 0.563. The van der Waals surface area contributed by atoms with Crippen LogP contribution in [0.5, 0.6) is 0 Å². The molecule has 2 heterocycles. The third-order valence-electron chi connectivity index (χ3n) is 4.78. The zero-order valence-corrected chi connectivity index (χ0v) is 10.1. The second-order valence-corrected chi connectivity index (χ2v) is 5.85. The van der Waals surface area contributed by atoms with E-state index in [0.717, 1.165) is 19.0 Å². The van der Waals surface area contributed by atoms with Crippen LogP contribution in [-0.2, 0) is 0 Å². The van der Waals surface area contributed by atoms with Gasteiger partial charge in [-0.15, -0.1) is 0 Å². The molecule has 3 heteroatoms. The Balaban J connectivity index is 1.52. The van der Waals surface area contributed by atoms with Gasteiger partial charge in [0, 0.05) is 32.2 Å². The summed E-state index contributed by atoms with van der Waals surface area (Å²) < 4.78 is 0. The number of rotatable bonds is 2. The Morgan fingerprint density at radius 2 is 1.94 bits per heavy atom. The van der Waals surface area contributed by atoms with Crippen LogP contribution in [0.25, 0.3) is 0 Å². The number of piperazine rings is 1. The molecule has 2 saturated heterocycles. The molecule has 3 atom stereocenters. The van der Waals surface area contributed by atoms with Crippen molar-refractivity contribution in [3.63, 3.8) is 0 Å². The average molecular weight is 224 g/mol. The van der Waals surface area contributed by atoms with Gasteiger partial charge in [0.05, 0.1) is 6.10 Å². The maximum Gasteiger partial charge on any atom is 0.0580 e. The summed E-state index contributed by atoms with van der Waals surface area (Å²) >= 11 is 0. The molecule has 2 aliphatic heterocycles. The van der Waals surface area contributed by atoms with Crippen molar-refractivity contribution >= 4 is 0 Å². The molecule has 3 nitrogen and oxygen atoms in total. The fraction of sp³-hybridized carbons (Fsp3) is 1.00. The first kappa shape index (κ1) is 11.0. The summed E-state index contributed by atoms with van der Waals surface area (Å²) in [5, 5.41) is 9.87. The van der Waals surface area contributed by atoms with E-state index in [0.29, 0.717) is 5.92 Å². The molecular weight excluding hydrogens is 200 g/mol. The van der Waals surface area contributed by atoms with Crippen LogP contribution in [0.15, 0.2) is 0 Å². The molecule has 1 N–H and O–H groups in total. The first-order valence-corrected chi connectivity index (χ1v) is 6.97. The van der Waals surface area contributed by atoms with Crippen molar-refractivity contribution in [3.05, 3.63) is 0 Å². The third-order valence-corrected chi connectivity index (χ3v) is 4.78. The molecule has 3 rings (SSSR count). The van der Waals surface area contributed by atoms with Crippen LogP contribution >= 0.6 is 0 Å². The Morgan fingerprint density at radius 1 is 1.00 bits per heavy atom. The molecule has 3 fully saturated rings. The van der Waals surface area contributed by atoms with Crippen LogP contribution in [0.3, 0.4) is 0 Å². The van der Waals surface area contributed by atoms with Crippen LogP contribution in [0.1, 0.15) is 32.1 Å². The molecule has 0 bridgehead atoms. The molecule has 1 aliphatic carbocycles. The Kier molecular flexibility index (Phi) is 3.18. The largest absolute Gasteiger partial charge is 0.393 e. The minimum atomic E-state index is -0.0124. The maximum atomic E-state index is 9.87. The summed E-state index contributed by atoms with van der Waals surface area (Å²) in [5.41, 5.74) is 0. The monoisotopic (exact) mass is 224 g/mol. The Hall–Kier alpha value is -0.120. The van der Waals surface area contributed by atoms with Gasteiger partial charge in [0.25, 0.3) is 0 Å². The lowest BCUT2D eigenvalue weighted by atomic mass is 10.0. The summed E-state index contributed by atoms with van der Waals surface area (Å²) in [6.45, 7) is 6.20. The van der Waals surface area contributed by atoms with E-state index in [1.54, 1.807) is 0 Å². The zero-order valence-electron chi connectivity index (χ0n) is 10.1. The average Bonchev–Trinajstić information content (AvgIpc) is 2.88. The summed E-state index contributed by atoms with van der Waals surface area (Å²) in [6.07, 6.45) is 6.28. The van der Waals surface area contributed by atoms with Crippen molar-refractivity contribution in [3.8, 4) is 0 Å². The topological polar surface area (TPSA) is 26.7 Å². The molecule has 0 aromatic rings. The van der Waals surface area contributed by atoms with E-state index in [1.165, 1.54) is 51.9 Å². The molecule has 0 aromatic carbocycles. The predicted octanol–water partition coefficient (Wildman–Crippen LogP) is 0.927. The molecule has 16 heavy (non-hydrogen) atoms. The molecule has 0 spiro atoms. The molecule has 3 unspecified atom stereocenters. The van der Waals surface area contributed by atoms with Crippen molar-refractivity contribution in [1.82, 2.24) is 9.80 Å². The zero-order chi connectivity index (χ0) is 11.0. The van der Waals surface area contributed by atoms with Gasteiger partial charge in [0.1, 0.15) is 0 Å². The highest BCUT2D eigenvalue weighted by molar-refractivity contribution is 4.89. The van der Waals surface area contributed by atoms with Crippen molar-refractivity contribution in [1.29, 1.82) is 0 Å². The molecule has 3 aliphatic rings. The van der Waals surface area contributed by atoms with Crippen LogP contribution in [0.2, 0.25) is 0 Å². The van der Waals surface area contributed by atoms with Gasteiger partial charge in [-0.25, -0.2) is 0 Å². The molecule has 0 amide bonds. The lowest BCUT2D eigenvalue weighted by Gasteiger charge is -2.38. The van der Waals surface area contributed by atoms with Gasteiger partial charge in [-0.05, 0) is 38.1 Å². The smallest absolute Gasteiger partial charge is 0.0580 e. The fourth-order valence-electron chi connectivity index (χ4n) is 3.78. The molecule has 92 valence electrons. The van der Waals surface area contributed by atoms with E-state index in [2.05, 4.69) is 9.80 Å². The van der Waals surface area contributed by atoms with Crippen molar-refractivity contribution in [2.45, 2.75) is 44.2 Å². The van der Waals surface area contributed by atoms with Gasteiger partial charge in [-0.2, -0.15) is 0 Å². The Bertz CT molecular complexity index is 246. The standard InChI is InChI=1S/C13H24N2O/c16-13-5-1-3-11(13)9-14-7-8-15-6-2-4-12(15)10-14/h11-13,16H,1-10H2. The van der Waals surface area contributed by atoms with Crippen LogP contribution < -0.4 is 0 Å². The first-order valence-electron chi connectivity index (χ1n) is 6.97. The summed E-state index contributed by atoms with van der Waals surface area (Å²) in [6, 6.07) is 0.826. The quantitative estimate of drug-likeness (QED) is 0.756. The number of nitrogens with zero attached hydrogens (tertiary/aromatic N) is 2. The van der Waals surface area contributed by atoms with Crippen LogP contribution in [0.4, 0.5) is 0 Å². The third kappa shape index (κ3) is 2.13. The SMILES string of the molecule is OC1CCCC1CN1CCN2CCCC2C1. The lowest BCUT2D eigenvalue weighted by molar-refractivity contribution is 0.0600. The predicted molar refractivity (Wildman–Crippen MR) is 64.4 cm³/mol. The highest BCUT2D eigenvalue weighted by Crippen LogP contribution is 2.28. The lowest BCUT2D eigenvalue weighted by Crippen LogP contribution is -2.51. The molecule has 0 aromatic heterocycles. The molecule has 1 saturated carbocycles. The second kappa shape index (κ2) is 4.63. The number of aliphatic hydroxyl groups excluding tert-OH is 1. The van der Waals surface area contributed by atoms with E-state index >= 15 is 0 Å². The highest BCUT2D eigenvalue weighted by Gasteiger charge is 2.33. The van der Waals surface area contributed by atoms with E-state index in [4.69, 9.17) is 0 Å². The van der Waals surface area contributed by atoms with E-state index < -0.39 is 0 Å². The van der Waals surface area contributed by atoms with Crippen molar-refractivity contribution in [2.24, 2.45) is 5.92 Å². The number of aliphatic hydroxyl groups is 1. The molecular formula is C13H24N2O. The second-order valence-electron chi connectivity index (χ2n) is 5.85. The van der Waals surface area contributed by atoms with Crippen LogP contribution in [0, 0.1) is 5.92 Å². The number of fused-ring (bicyclic) bond motifs is 1. The van der Waals surface area contributed by atoms with Crippen LogP contribution in [-0.4, -0.2) is 59.8 Å². The van der Waals surface area contributed by atoms with E-state index in [-0.39, 0.29) is 6.10 Å². The number of hydrogen-bond donors (Lipinski definition) is 1. The first-order chi connectivity index (χ1) is 7.83. The van der Waals surface area contributed by atoms with Crippen molar-refractivity contribution in [2.75, 3.05) is 32.7 Å². The fourth-order valence-corrected chi connectivity index (χ4v) is 3.78. The van der Waals surface area contributed by atoms with Gasteiger partial charge in [-0.3, -0.25) is 4.90 Å². The van der Waals surface area contributed by atoms with Gasteiger partial charge in [0.15, 0.2) is 0 Å². The number of hydrogen-bond acceptors (Lipinski definition) is 3. The summed E-state index contributed by atoms with van der Waals surface area (Å²) in [4.78, 5) is 5.26. The maximum absolute atomic E-state index is 9.87. The minimum absolute atomic E-state index is 0.0124. The van der Waals surface area contributed by atoms with Gasteiger partial charge >= 0.3 is 0 Å². The Morgan fingerprint density at radius 3 is 2.75 bits per heavy atom. The van der Waals surface area contributed by atoms with E-state index in [9.17, 15) is 5.11 Å². The normalized spacial score (nSPS) is 41.4. The molecule has 0 radical (unpaired) electrons. The van der Waals surface area contributed by atoms with Gasteiger partial charge in [0.2, 0.25) is 0 Å². The Labute approximate surface area is 98.4 Å². The summed E-state index contributed by atoms with van der Waals surface area (Å²) in [7, 11) is 0. The van der Waals surface area contributed by atoms with Crippen molar-refractivity contribution < 1.29 is 5.11 Å².